The number of nitrogens with one attached hydrogen (secondary N) is 1. The summed E-state index contributed by atoms with van der Waals surface area (Å²) in [6.45, 7) is 5.73. The van der Waals surface area contributed by atoms with Gasteiger partial charge in [-0.2, -0.15) is 4.98 Å². The molecule has 1 amide bonds. The van der Waals surface area contributed by atoms with Crippen LogP contribution in [0.1, 0.15) is 39.2 Å². The fourth-order valence-corrected chi connectivity index (χ4v) is 4.79. The first-order valence-corrected chi connectivity index (χ1v) is 11.9. The standard InChI is InChI=1S/C26H28N4O2S/c1-4-26(25(3)16-8-18-27-25,17-15-20-11-13-22(14-12-20)28-19(2)31)32-24-29-23(33-30-24)21-9-6-5-7-10-21/h5-14,16,18H,4,15,17H2,1-3H3,(H,28,31). The fourth-order valence-electron chi connectivity index (χ4n) is 4.18. The van der Waals surface area contributed by atoms with Gasteiger partial charge in [-0.15, -0.1) is 4.37 Å². The van der Waals surface area contributed by atoms with Gasteiger partial charge in [0.1, 0.15) is 16.1 Å². The maximum Gasteiger partial charge on any atom is 0.329 e. The van der Waals surface area contributed by atoms with Crippen LogP contribution in [0.25, 0.3) is 10.6 Å². The Morgan fingerprint density at radius 3 is 2.55 bits per heavy atom. The molecule has 0 saturated carbocycles. The van der Waals surface area contributed by atoms with Gasteiger partial charge >= 0.3 is 6.01 Å². The maximum atomic E-state index is 11.3. The molecule has 7 heteroatoms. The van der Waals surface area contributed by atoms with Gasteiger partial charge in [-0.05, 0) is 61.5 Å². The van der Waals surface area contributed by atoms with Gasteiger partial charge in [0.15, 0.2) is 0 Å². The summed E-state index contributed by atoms with van der Waals surface area (Å²) in [6.07, 6.45) is 8.18. The van der Waals surface area contributed by atoms with E-state index in [-0.39, 0.29) is 5.91 Å². The van der Waals surface area contributed by atoms with Crippen LogP contribution >= 0.6 is 11.5 Å². The van der Waals surface area contributed by atoms with Crippen molar-refractivity contribution in [2.45, 2.75) is 51.2 Å². The molecule has 4 rings (SSSR count). The van der Waals surface area contributed by atoms with Crippen molar-refractivity contribution < 1.29 is 9.53 Å². The van der Waals surface area contributed by atoms with Crippen LogP contribution in [0.3, 0.4) is 0 Å². The second-order valence-electron chi connectivity index (χ2n) is 8.36. The zero-order chi connectivity index (χ0) is 23.3. The predicted octanol–water partition coefficient (Wildman–Crippen LogP) is 5.72. The number of allylic oxidation sites excluding steroid dienone is 1. The van der Waals surface area contributed by atoms with Crippen molar-refractivity contribution in [3.8, 4) is 16.6 Å². The van der Waals surface area contributed by atoms with Crippen LogP contribution in [0.15, 0.2) is 71.7 Å². The minimum absolute atomic E-state index is 0.0782. The van der Waals surface area contributed by atoms with E-state index in [1.54, 1.807) is 0 Å². The average molecular weight is 461 g/mol. The number of hydrogen-bond donors (Lipinski definition) is 1. The summed E-state index contributed by atoms with van der Waals surface area (Å²) in [4.78, 5) is 20.7. The Hall–Kier alpha value is -3.32. The Bertz CT molecular complexity index is 1140. The molecule has 33 heavy (non-hydrogen) atoms. The molecule has 2 unspecified atom stereocenters. The van der Waals surface area contributed by atoms with Crippen LogP contribution in [0.4, 0.5) is 5.69 Å². The predicted molar refractivity (Wildman–Crippen MR) is 134 cm³/mol. The number of anilines is 1. The Balaban J connectivity index is 1.57. The van der Waals surface area contributed by atoms with Crippen molar-refractivity contribution >= 4 is 29.3 Å². The van der Waals surface area contributed by atoms with Gasteiger partial charge < -0.3 is 10.1 Å². The summed E-state index contributed by atoms with van der Waals surface area (Å²) < 4.78 is 11.1. The number of rotatable bonds is 9. The number of carbonyl (C=O) groups excluding carboxylic acids is 1. The van der Waals surface area contributed by atoms with Gasteiger partial charge in [0.05, 0.1) is 0 Å². The number of ether oxygens (including phenoxy) is 1. The van der Waals surface area contributed by atoms with Crippen LogP contribution in [0, 0.1) is 0 Å². The highest BCUT2D eigenvalue weighted by Gasteiger charge is 2.49. The highest BCUT2D eigenvalue weighted by atomic mass is 32.1. The molecule has 1 N–H and O–H groups in total. The molecule has 0 aliphatic carbocycles. The molecule has 0 radical (unpaired) electrons. The Morgan fingerprint density at radius 1 is 1.15 bits per heavy atom. The van der Waals surface area contributed by atoms with E-state index in [4.69, 9.17) is 9.73 Å². The largest absolute Gasteiger partial charge is 0.453 e. The van der Waals surface area contributed by atoms with Crippen molar-refractivity contribution in [1.82, 2.24) is 9.36 Å². The number of hydrogen-bond acceptors (Lipinski definition) is 6. The van der Waals surface area contributed by atoms with E-state index in [0.29, 0.717) is 6.01 Å². The molecule has 2 aromatic carbocycles. The lowest BCUT2D eigenvalue weighted by molar-refractivity contribution is -0.114. The molecule has 1 aromatic heterocycles. The van der Waals surface area contributed by atoms with Gasteiger partial charge in [-0.25, -0.2) is 0 Å². The third kappa shape index (κ3) is 5.03. The topological polar surface area (TPSA) is 76.5 Å². The minimum Gasteiger partial charge on any atom is -0.453 e. The Labute approximate surface area is 198 Å². The Morgan fingerprint density at radius 2 is 1.91 bits per heavy atom. The van der Waals surface area contributed by atoms with E-state index >= 15 is 0 Å². The zero-order valence-electron chi connectivity index (χ0n) is 19.1. The number of amides is 1. The number of aryl methyl sites for hydroxylation is 1. The quantitative estimate of drug-likeness (QED) is 0.443. The highest BCUT2D eigenvalue weighted by molar-refractivity contribution is 7.09. The van der Waals surface area contributed by atoms with Gasteiger partial charge in [0.25, 0.3) is 0 Å². The number of carbonyl (C=O) groups is 1. The number of aliphatic imine (C=N–C) groups is 1. The van der Waals surface area contributed by atoms with Crippen molar-refractivity contribution in [3.05, 3.63) is 72.3 Å². The molecule has 6 nitrogen and oxygen atoms in total. The van der Waals surface area contributed by atoms with E-state index < -0.39 is 11.1 Å². The van der Waals surface area contributed by atoms with Crippen molar-refractivity contribution in [2.75, 3.05) is 5.32 Å². The zero-order valence-corrected chi connectivity index (χ0v) is 19.9. The molecule has 1 aliphatic rings. The summed E-state index contributed by atoms with van der Waals surface area (Å²) in [6, 6.07) is 18.3. The molecule has 2 heterocycles. The van der Waals surface area contributed by atoms with E-state index in [1.165, 1.54) is 18.5 Å². The van der Waals surface area contributed by atoms with Crippen LogP contribution in [-0.2, 0) is 11.2 Å². The van der Waals surface area contributed by atoms with E-state index in [2.05, 4.69) is 34.6 Å². The average Bonchev–Trinajstić information content (AvgIpc) is 3.48. The van der Waals surface area contributed by atoms with Gasteiger partial charge in [0.2, 0.25) is 5.91 Å². The van der Waals surface area contributed by atoms with E-state index in [0.717, 1.165) is 41.1 Å². The number of aromatic nitrogens is 2. The molecule has 0 bridgehead atoms. The first-order valence-electron chi connectivity index (χ1n) is 11.1. The van der Waals surface area contributed by atoms with Gasteiger partial charge in [0, 0.05) is 24.4 Å². The summed E-state index contributed by atoms with van der Waals surface area (Å²) in [7, 11) is 0. The van der Waals surface area contributed by atoms with Gasteiger partial charge in [-0.1, -0.05) is 55.5 Å². The lowest BCUT2D eigenvalue weighted by Gasteiger charge is -2.42. The maximum absolute atomic E-state index is 11.3. The normalized spacial score (nSPS) is 18.8. The first-order chi connectivity index (χ1) is 15.9. The first kappa shape index (κ1) is 22.9. The van der Waals surface area contributed by atoms with Crippen molar-refractivity contribution in [2.24, 2.45) is 4.99 Å². The monoisotopic (exact) mass is 460 g/mol. The molecule has 3 aromatic rings. The highest BCUT2D eigenvalue weighted by Crippen LogP contribution is 2.40. The SMILES string of the molecule is CCC(CCc1ccc(NC(C)=O)cc1)(Oc1nsc(-c2ccccc2)n1)C1(C)C=CC=N1. The van der Waals surface area contributed by atoms with Crippen molar-refractivity contribution in [1.29, 1.82) is 0 Å². The minimum atomic E-state index is -0.609. The molecule has 0 spiro atoms. The van der Waals surface area contributed by atoms with Crippen LogP contribution in [-0.4, -0.2) is 32.6 Å². The Kier molecular flexibility index (Phi) is 6.70. The second kappa shape index (κ2) is 9.67. The lowest BCUT2D eigenvalue weighted by atomic mass is 9.76. The fraction of sp³-hybridized carbons (Fsp3) is 0.308. The summed E-state index contributed by atoms with van der Waals surface area (Å²) in [5, 5.41) is 3.64. The third-order valence-corrected chi connectivity index (χ3v) is 6.90. The van der Waals surface area contributed by atoms with E-state index in [9.17, 15) is 4.79 Å². The summed E-state index contributed by atoms with van der Waals surface area (Å²) >= 11 is 1.34. The van der Waals surface area contributed by atoms with Crippen LogP contribution < -0.4 is 10.1 Å². The molecule has 0 saturated heterocycles. The lowest BCUT2D eigenvalue weighted by Crippen LogP contribution is -2.53. The molecule has 170 valence electrons. The number of nitrogens with zero attached hydrogens (tertiary/aromatic N) is 3. The molecule has 1 aliphatic heterocycles. The van der Waals surface area contributed by atoms with Crippen molar-refractivity contribution in [3.63, 3.8) is 0 Å². The van der Waals surface area contributed by atoms with E-state index in [1.807, 2.05) is 66.9 Å². The molecule has 0 fully saturated rings. The molecule has 2 atom stereocenters. The molecular weight excluding hydrogens is 432 g/mol. The summed E-state index contributed by atoms with van der Waals surface area (Å²) in [5.74, 6) is -0.0782. The third-order valence-electron chi connectivity index (χ3n) is 6.15. The van der Waals surface area contributed by atoms with Crippen LogP contribution in [0.5, 0.6) is 6.01 Å². The van der Waals surface area contributed by atoms with Gasteiger partial charge in [-0.3, -0.25) is 9.79 Å². The van der Waals surface area contributed by atoms with Crippen LogP contribution in [0.2, 0.25) is 0 Å². The summed E-state index contributed by atoms with van der Waals surface area (Å²) in [5.41, 5.74) is 1.85. The second-order valence-corrected chi connectivity index (χ2v) is 9.11. The molecular formula is C26H28N4O2S. The smallest absolute Gasteiger partial charge is 0.329 e. The number of benzene rings is 2.